The molecule has 0 radical (unpaired) electrons. The van der Waals surface area contributed by atoms with Crippen LogP contribution in [0.3, 0.4) is 0 Å². The van der Waals surface area contributed by atoms with Gasteiger partial charge in [-0.05, 0) is 69.1 Å². The Morgan fingerprint density at radius 2 is 1.77 bits per heavy atom. The molecule has 0 saturated carbocycles. The van der Waals surface area contributed by atoms with Crippen LogP contribution >= 0.6 is 0 Å². The summed E-state index contributed by atoms with van der Waals surface area (Å²) < 4.78 is 16.0. The van der Waals surface area contributed by atoms with Crippen LogP contribution < -0.4 is 14.8 Å². The number of ether oxygens (including phenoxy) is 3. The van der Waals surface area contributed by atoms with E-state index < -0.39 is 12.1 Å². The van der Waals surface area contributed by atoms with Gasteiger partial charge in [0.15, 0.2) is 18.1 Å². The number of rotatable bonds is 12. The van der Waals surface area contributed by atoms with Gasteiger partial charge in [0.25, 0.3) is 0 Å². The lowest BCUT2D eigenvalue weighted by Crippen LogP contribution is -2.33. The number of aliphatic hydroxyl groups is 1. The SMILES string of the molecule is CCOC(=O)COc1ccc(CCN[C@@H](C)[C@@H](O)c2ccc(O)cc2)cc1OCC. The second-order valence-corrected chi connectivity index (χ2v) is 6.84. The fourth-order valence-electron chi connectivity index (χ4n) is 2.95. The molecule has 0 amide bonds. The van der Waals surface area contributed by atoms with Gasteiger partial charge in [0.2, 0.25) is 0 Å². The zero-order chi connectivity index (χ0) is 21.9. The van der Waals surface area contributed by atoms with E-state index in [2.05, 4.69) is 5.32 Å². The van der Waals surface area contributed by atoms with Crippen molar-refractivity contribution in [2.75, 3.05) is 26.4 Å². The van der Waals surface area contributed by atoms with Crippen LogP contribution in [0.2, 0.25) is 0 Å². The molecule has 2 rings (SSSR count). The molecule has 0 bridgehead atoms. The third-order valence-electron chi connectivity index (χ3n) is 4.55. The van der Waals surface area contributed by atoms with Gasteiger partial charge >= 0.3 is 5.97 Å². The van der Waals surface area contributed by atoms with Gasteiger partial charge < -0.3 is 29.7 Å². The fraction of sp³-hybridized carbons (Fsp3) is 0.435. The summed E-state index contributed by atoms with van der Waals surface area (Å²) in [6.07, 6.45) is 0.0495. The van der Waals surface area contributed by atoms with Crippen molar-refractivity contribution in [2.24, 2.45) is 0 Å². The van der Waals surface area contributed by atoms with Crippen molar-refractivity contribution >= 4 is 5.97 Å². The maximum atomic E-state index is 11.5. The van der Waals surface area contributed by atoms with Crippen LogP contribution in [0, 0.1) is 0 Å². The first-order valence-corrected chi connectivity index (χ1v) is 10.2. The normalized spacial score (nSPS) is 12.8. The Morgan fingerprint density at radius 1 is 1.03 bits per heavy atom. The van der Waals surface area contributed by atoms with Gasteiger partial charge in [-0.2, -0.15) is 0 Å². The molecule has 0 aliphatic carbocycles. The Hall–Kier alpha value is -2.77. The third kappa shape index (κ3) is 7.24. The highest BCUT2D eigenvalue weighted by atomic mass is 16.6. The Labute approximate surface area is 177 Å². The van der Waals surface area contributed by atoms with Gasteiger partial charge in [0.05, 0.1) is 19.3 Å². The zero-order valence-electron chi connectivity index (χ0n) is 17.8. The van der Waals surface area contributed by atoms with Gasteiger partial charge in [0.1, 0.15) is 5.75 Å². The fourth-order valence-corrected chi connectivity index (χ4v) is 2.95. The van der Waals surface area contributed by atoms with Crippen LogP contribution in [-0.4, -0.2) is 48.6 Å². The highest BCUT2D eigenvalue weighted by Gasteiger charge is 2.16. The number of hydrogen-bond donors (Lipinski definition) is 3. The number of nitrogens with one attached hydrogen (secondary N) is 1. The molecular formula is C23H31NO6. The molecule has 0 saturated heterocycles. The van der Waals surface area contributed by atoms with Gasteiger partial charge in [-0.3, -0.25) is 0 Å². The number of phenols is 1. The predicted octanol–water partition coefficient (Wildman–Crippen LogP) is 2.99. The minimum atomic E-state index is -0.678. The number of hydrogen-bond acceptors (Lipinski definition) is 7. The number of phenolic OH excluding ortho intramolecular Hbond substituents is 1. The van der Waals surface area contributed by atoms with Crippen LogP contribution in [0.5, 0.6) is 17.2 Å². The molecule has 0 fully saturated rings. The van der Waals surface area contributed by atoms with Gasteiger partial charge in [-0.25, -0.2) is 4.79 Å². The summed E-state index contributed by atoms with van der Waals surface area (Å²) >= 11 is 0. The first-order valence-electron chi connectivity index (χ1n) is 10.2. The van der Waals surface area contributed by atoms with Crippen molar-refractivity contribution < 1.29 is 29.2 Å². The standard InChI is InChI=1S/C23H31NO6/c1-4-28-21-14-17(6-11-20(21)30-15-22(26)29-5-2)12-13-24-16(3)23(27)18-7-9-19(25)10-8-18/h6-11,14,16,23-25,27H,4-5,12-13,15H2,1-3H3/t16-,23+/m0/s1. The predicted molar refractivity (Wildman–Crippen MR) is 114 cm³/mol. The Balaban J connectivity index is 1.90. The van der Waals surface area contributed by atoms with Crippen LogP contribution in [0.4, 0.5) is 0 Å². The van der Waals surface area contributed by atoms with E-state index in [9.17, 15) is 15.0 Å². The van der Waals surface area contributed by atoms with Crippen molar-refractivity contribution in [2.45, 2.75) is 39.3 Å². The number of carbonyl (C=O) groups excluding carboxylic acids is 1. The number of esters is 1. The van der Waals surface area contributed by atoms with Crippen molar-refractivity contribution in [3.63, 3.8) is 0 Å². The topological polar surface area (TPSA) is 97.3 Å². The van der Waals surface area contributed by atoms with Crippen LogP contribution in [0.25, 0.3) is 0 Å². The second kappa shape index (κ2) is 12.0. The minimum Gasteiger partial charge on any atom is -0.508 e. The second-order valence-electron chi connectivity index (χ2n) is 6.84. The first kappa shape index (κ1) is 23.5. The van der Waals surface area contributed by atoms with Crippen LogP contribution in [0.1, 0.15) is 38.0 Å². The quantitative estimate of drug-likeness (QED) is 0.457. The molecule has 0 heterocycles. The van der Waals surface area contributed by atoms with Gasteiger partial charge in [0, 0.05) is 6.04 Å². The molecule has 0 spiro atoms. The van der Waals surface area contributed by atoms with E-state index in [0.717, 1.165) is 17.5 Å². The summed E-state index contributed by atoms with van der Waals surface area (Å²) in [5.74, 6) is 0.829. The van der Waals surface area contributed by atoms with Crippen molar-refractivity contribution in [3.05, 3.63) is 53.6 Å². The molecule has 2 atom stereocenters. The van der Waals surface area contributed by atoms with Crippen molar-refractivity contribution in [1.82, 2.24) is 5.32 Å². The summed E-state index contributed by atoms with van der Waals surface area (Å²) in [7, 11) is 0. The Morgan fingerprint density at radius 3 is 2.43 bits per heavy atom. The molecule has 3 N–H and O–H groups in total. The van der Waals surface area contributed by atoms with Crippen molar-refractivity contribution in [3.8, 4) is 17.2 Å². The lowest BCUT2D eigenvalue weighted by atomic mass is 10.0. The largest absolute Gasteiger partial charge is 0.508 e. The molecule has 7 nitrogen and oxygen atoms in total. The highest BCUT2D eigenvalue weighted by molar-refractivity contribution is 5.71. The Bertz CT molecular complexity index is 793. The van der Waals surface area contributed by atoms with E-state index in [-0.39, 0.29) is 18.4 Å². The van der Waals surface area contributed by atoms with E-state index in [1.807, 2.05) is 26.0 Å². The number of benzene rings is 2. The molecule has 0 aromatic heterocycles. The monoisotopic (exact) mass is 417 g/mol. The average molecular weight is 418 g/mol. The summed E-state index contributed by atoms with van der Waals surface area (Å²) in [4.78, 5) is 11.5. The molecule has 2 aromatic carbocycles. The van der Waals surface area contributed by atoms with Gasteiger partial charge in [-0.1, -0.05) is 18.2 Å². The summed E-state index contributed by atoms with van der Waals surface area (Å²) in [6, 6.07) is 12.0. The molecule has 0 aliphatic heterocycles. The molecule has 7 heteroatoms. The summed E-state index contributed by atoms with van der Waals surface area (Å²) in [5, 5.41) is 23.1. The minimum absolute atomic E-state index is 0.159. The van der Waals surface area contributed by atoms with Gasteiger partial charge in [-0.15, -0.1) is 0 Å². The molecule has 0 aliphatic rings. The maximum Gasteiger partial charge on any atom is 0.344 e. The van der Waals surface area contributed by atoms with E-state index in [4.69, 9.17) is 14.2 Å². The highest BCUT2D eigenvalue weighted by Crippen LogP contribution is 2.29. The molecule has 0 unspecified atom stereocenters. The van der Waals surface area contributed by atoms with Crippen LogP contribution in [0.15, 0.2) is 42.5 Å². The number of carbonyl (C=O) groups is 1. The molecule has 30 heavy (non-hydrogen) atoms. The van der Waals surface area contributed by atoms with E-state index in [1.165, 1.54) is 0 Å². The molecule has 2 aromatic rings. The lowest BCUT2D eigenvalue weighted by molar-refractivity contribution is -0.145. The van der Waals surface area contributed by atoms with E-state index in [1.54, 1.807) is 37.3 Å². The number of aliphatic hydroxyl groups excluding tert-OH is 1. The van der Waals surface area contributed by atoms with Crippen LogP contribution in [-0.2, 0) is 16.0 Å². The molecular weight excluding hydrogens is 386 g/mol. The van der Waals surface area contributed by atoms with E-state index in [0.29, 0.717) is 31.3 Å². The van der Waals surface area contributed by atoms with Crippen molar-refractivity contribution in [1.29, 1.82) is 0 Å². The zero-order valence-corrected chi connectivity index (χ0v) is 17.8. The summed E-state index contributed by atoms with van der Waals surface area (Å²) in [6.45, 7) is 6.83. The lowest BCUT2D eigenvalue weighted by Gasteiger charge is -2.21. The first-order chi connectivity index (χ1) is 14.4. The van der Waals surface area contributed by atoms with E-state index >= 15 is 0 Å². The summed E-state index contributed by atoms with van der Waals surface area (Å²) in [5.41, 5.74) is 1.79. The average Bonchev–Trinajstić information content (AvgIpc) is 2.73. The Kier molecular flexibility index (Phi) is 9.44. The number of aromatic hydroxyl groups is 1. The third-order valence-corrected chi connectivity index (χ3v) is 4.55. The molecule has 164 valence electrons. The smallest absolute Gasteiger partial charge is 0.344 e. The maximum absolute atomic E-state index is 11.5.